The second-order valence-corrected chi connectivity index (χ2v) is 7.53. The highest BCUT2D eigenvalue weighted by Gasteiger charge is 2.40. The summed E-state index contributed by atoms with van der Waals surface area (Å²) in [5, 5.41) is 21.2. The molecular formula is C20H21ClF3N3O3. The topological polar surface area (TPSA) is 85.7 Å². The molecule has 0 bridgehead atoms. The number of carbonyl (C=O) groups is 1. The molecule has 1 fully saturated rings. The average Bonchev–Trinajstić information content (AvgIpc) is 2.73. The predicted molar refractivity (Wildman–Crippen MR) is 105 cm³/mol. The molecule has 30 heavy (non-hydrogen) atoms. The number of carbonyl (C=O) groups excluding carboxylic acids is 1. The van der Waals surface area contributed by atoms with Crippen LogP contribution in [0.2, 0.25) is 5.02 Å². The summed E-state index contributed by atoms with van der Waals surface area (Å²) in [6, 6.07) is 4.51. The van der Waals surface area contributed by atoms with E-state index in [0.717, 1.165) is 6.07 Å². The maximum atomic E-state index is 15.5. The summed E-state index contributed by atoms with van der Waals surface area (Å²) in [5.74, 6) is -0.757. The monoisotopic (exact) mass is 443 g/mol. The van der Waals surface area contributed by atoms with E-state index >= 15 is 4.39 Å². The van der Waals surface area contributed by atoms with Crippen molar-refractivity contribution in [1.82, 2.24) is 9.88 Å². The van der Waals surface area contributed by atoms with Gasteiger partial charge in [-0.1, -0.05) is 17.7 Å². The fourth-order valence-electron chi connectivity index (χ4n) is 3.31. The summed E-state index contributed by atoms with van der Waals surface area (Å²) < 4.78 is 41.7. The molecule has 2 heterocycles. The number of alkyl halides is 2. The van der Waals surface area contributed by atoms with Crippen LogP contribution in [-0.2, 0) is 12.3 Å². The van der Waals surface area contributed by atoms with E-state index < -0.39 is 36.9 Å². The Kier molecular flexibility index (Phi) is 6.84. The van der Waals surface area contributed by atoms with Gasteiger partial charge in [-0.15, -0.1) is 0 Å². The van der Waals surface area contributed by atoms with E-state index in [0.29, 0.717) is 0 Å². The van der Waals surface area contributed by atoms with E-state index in [1.807, 2.05) is 0 Å². The van der Waals surface area contributed by atoms with E-state index in [2.05, 4.69) is 10.3 Å². The van der Waals surface area contributed by atoms with Crippen LogP contribution in [0.5, 0.6) is 0 Å². The van der Waals surface area contributed by atoms with Crippen LogP contribution in [0, 0.1) is 5.82 Å². The molecule has 6 nitrogen and oxygen atoms in total. The standard InChI is InChI=1S/C20H21ClF3N3O3/c21-15-7-13(17(29)11-28)10-25-18(15)20(24)3-5-27(6-4-20)19(30)26-14-2-1-12(9-22)16(23)8-14/h1-2,7-8,10,17,28-29H,3-6,9,11H2,(H,26,30)/t17-/m0/s1. The second kappa shape index (κ2) is 9.20. The number of halogens is 4. The molecule has 2 aromatic rings. The minimum absolute atomic E-state index is 0.0157. The third kappa shape index (κ3) is 4.69. The van der Waals surface area contributed by atoms with Gasteiger partial charge in [-0.25, -0.2) is 18.0 Å². The van der Waals surface area contributed by atoms with Crippen molar-refractivity contribution >= 4 is 23.3 Å². The van der Waals surface area contributed by atoms with Crippen molar-refractivity contribution in [3.05, 3.63) is 58.1 Å². The zero-order valence-corrected chi connectivity index (χ0v) is 16.7. The molecule has 3 rings (SSSR count). The molecule has 162 valence electrons. The van der Waals surface area contributed by atoms with Crippen LogP contribution in [0.25, 0.3) is 0 Å². The number of nitrogens with zero attached hydrogens (tertiary/aromatic N) is 2. The number of aliphatic hydroxyl groups excluding tert-OH is 2. The Morgan fingerprint density at radius 3 is 2.60 bits per heavy atom. The first-order chi connectivity index (χ1) is 14.3. The van der Waals surface area contributed by atoms with Gasteiger partial charge in [0.2, 0.25) is 0 Å². The summed E-state index contributed by atoms with van der Waals surface area (Å²) in [6.07, 6.45) is 0.000879. The van der Waals surface area contributed by atoms with E-state index in [1.165, 1.54) is 29.3 Å². The molecule has 1 aromatic heterocycles. The third-order valence-corrected chi connectivity index (χ3v) is 5.42. The lowest BCUT2D eigenvalue weighted by Gasteiger charge is -2.36. The molecule has 2 amide bonds. The van der Waals surface area contributed by atoms with E-state index in [9.17, 15) is 18.7 Å². The Hall–Kier alpha value is -2.36. The Morgan fingerprint density at radius 2 is 2.03 bits per heavy atom. The number of rotatable bonds is 5. The van der Waals surface area contributed by atoms with Crippen LogP contribution in [0.4, 0.5) is 23.7 Å². The van der Waals surface area contributed by atoms with Crippen molar-refractivity contribution in [2.75, 3.05) is 25.0 Å². The number of pyridine rings is 1. The lowest BCUT2D eigenvalue weighted by atomic mass is 9.89. The quantitative estimate of drug-likeness (QED) is 0.655. The highest BCUT2D eigenvalue weighted by molar-refractivity contribution is 6.31. The molecule has 1 atom stereocenters. The number of amides is 2. The van der Waals surface area contributed by atoms with Gasteiger partial charge < -0.3 is 20.4 Å². The van der Waals surface area contributed by atoms with Gasteiger partial charge >= 0.3 is 6.03 Å². The largest absolute Gasteiger partial charge is 0.393 e. The van der Waals surface area contributed by atoms with Crippen LogP contribution in [0.1, 0.15) is 35.8 Å². The fourth-order valence-corrected chi connectivity index (χ4v) is 3.65. The number of hydrogen-bond acceptors (Lipinski definition) is 4. The van der Waals surface area contributed by atoms with Crippen LogP contribution in [0.15, 0.2) is 30.5 Å². The molecule has 0 saturated carbocycles. The van der Waals surface area contributed by atoms with Gasteiger partial charge in [0.05, 0.1) is 17.3 Å². The van der Waals surface area contributed by atoms with Crippen molar-refractivity contribution in [3.63, 3.8) is 0 Å². The Bertz CT molecular complexity index is 923. The fraction of sp³-hybridized carbons (Fsp3) is 0.400. The van der Waals surface area contributed by atoms with Gasteiger partial charge in [-0.05, 0) is 18.2 Å². The van der Waals surface area contributed by atoms with Crippen LogP contribution < -0.4 is 5.32 Å². The molecule has 0 spiro atoms. The summed E-state index contributed by atoms with van der Waals surface area (Å²) in [6.45, 7) is -1.30. The van der Waals surface area contributed by atoms with Crippen LogP contribution >= 0.6 is 11.6 Å². The number of nitrogens with one attached hydrogen (secondary N) is 1. The molecule has 1 aliphatic rings. The van der Waals surface area contributed by atoms with E-state index in [-0.39, 0.29) is 53.5 Å². The minimum Gasteiger partial charge on any atom is -0.393 e. The summed E-state index contributed by atoms with van der Waals surface area (Å²) >= 11 is 6.15. The maximum Gasteiger partial charge on any atom is 0.321 e. The summed E-state index contributed by atoms with van der Waals surface area (Å²) in [5.41, 5.74) is -1.49. The van der Waals surface area contributed by atoms with Crippen molar-refractivity contribution in [3.8, 4) is 0 Å². The molecule has 1 aliphatic heterocycles. The van der Waals surface area contributed by atoms with Gasteiger partial charge in [0, 0.05) is 48.9 Å². The highest BCUT2D eigenvalue weighted by atomic mass is 35.5. The summed E-state index contributed by atoms with van der Waals surface area (Å²) in [7, 11) is 0. The number of anilines is 1. The van der Waals surface area contributed by atoms with Gasteiger partial charge in [-0.3, -0.25) is 4.98 Å². The number of aliphatic hydroxyl groups is 2. The van der Waals surface area contributed by atoms with Crippen molar-refractivity contribution in [2.24, 2.45) is 0 Å². The van der Waals surface area contributed by atoms with E-state index in [4.69, 9.17) is 16.7 Å². The van der Waals surface area contributed by atoms with Crippen LogP contribution in [-0.4, -0.2) is 45.8 Å². The van der Waals surface area contributed by atoms with E-state index in [1.54, 1.807) is 0 Å². The van der Waals surface area contributed by atoms with Crippen molar-refractivity contribution < 1.29 is 28.2 Å². The Balaban J connectivity index is 1.65. The molecular weight excluding hydrogens is 423 g/mol. The number of urea groups is 1. The van der Waals surface area contributed by atoms with Crippen molar-refractivity contribution in [2.45, 2.75) is 31.3 Å². The normalized spacial score (nSPS) is 16.9. The molecule has 10 heteroatoms. The van der Waals surface area contributed by atoms with Crippen LogP contribution in [0.3, 0.4) is 0 Å². The zero-order valence-electron chi connectivity index (χ0n) is 15.9. The molecule has 0 unspecified atom stereocenters. The smallest absolute Gasteiger partial charge is 0.321 e. The number of aromatic nitrogens is 1. The number of benzene rings is 1. The van der Waals surface area contributed by atoms with Gasteiger partial charge in [0.25, 0.3) is 0 Å². The van der Waals surface area contributed by atoms with Gasteiger partial charge in [0.1, 0.15) is 18.6 Å². The maximum absolute atomic E-state index is 15.5. The lowest BCUT2D eigenvalue weighted by Crippen LogP contribution is -2.45. The molecule has 0 radical (unpaired) electrons. The number of piperidine rings is 1. The summed E-state index contributed by atoms with van der Waals surface area (Å²) in [4.78, 5) is 17.8. The molecule has 3 N–H and O–H groups in total. The lowest BCUT2D eigenvalue weighted by molar-refractivity contribution is 0.0679. The third-order valence-electron chi connectivity index (χ3n) is 5.14. The van der Waals surface area contributed by atoms with Gasteiger partial charge in [0.15, 0.2) is 5.67 Å². The molecule has 1 aromatic carbocycles. The molecule has 0 aliphatic carbocycles. The highest BCUT2D eigenvalue weighted by Crippen LogP contribution is 2.40. The zero-order chi connectivity index (χ0) is 21.9. The molecule has 1 saturated heterocycles. The first-order valence-electron chi connectivity index (χ1n) is 9.31. The number of likely N-dealkylation sites (tertiary alicyclic amines) is 1. The van der Waals surface area contributed by atoms with Gasteiger partial charge in [-0.2, -0.15) is 0 Å². The SMILES string of the molecule is O=C(Nc1ccc(CF)c(F)c1)N1CCC(F)(c2ncc([C@@H](O)CO)cc2Cl)CC1. The Labute approximate surface area is 176 Å². The number of hydrogen-bond donors (Lipinski definition) is 3. The first-order valence-corrected chi connectivity index (χ1v) is 9.69. The predicted octanol–water partition coefficient (Wildman–Crippen LogP) is 3.86. The average molecular weight is 444 g/mol. The first kappa shape index (κ1) is 22.3. The van der Waals surface area contributed by atoms with Crippen molar-refractivity contribution in [1.29, 1.82) is 0 Å². The Morgan fingerprint density at radius 1 is 1.33 bits per heavy atom. The minimum atomic E-state index is -1.86. The second-order valence-electron chi connectivity index (χ2n) is 7.12.